The van der Waals surface area contributed by atoms with Crippen LogP contribution in [0, 0.1) is 5.92 Å². The molecule has 3 nitrogen and oxygen atoms in total. The van der Waals surface area contributed by atoms with E-state index in [1.165, 1.54) is 6.08 Å². The fourth-order valence-corrected chi connectivity index (χ4v) is 2.87. The summed E-state index contributed by atoms with van der Waals surface area (Å²) in [5.74, 6) is -2.13. The smallest absolute Gasteiger partial charge is 0.314 e. The van der Waals surface area contributed by atoms with Crippen LogP contribution < -0.4 is 0 Å². The minimum atomic E-state index is -1.05. The molecule has 1 atom stereocenters. The van der Waals surface area contributed by atoms with E-state index in [2.05, 4.69) is 6.58 Å². The van der Waals surface area contributed by atoms with E-state index in [1.54, 1.807) is 0 Å². The van der Waals surface area contributed by atoms with Gasteiger partial charge in [0.25, 0.3) is 0 Å². The number of carboxylic acids is 1. The van der Waals surface area contributed by atoms with Crippen LogP contribution >= 0.6 is 11.6 Å². The van der Waals surface area contributed by atoms with Crippen LogP contribution in [0.15, 0.2) is 71.5 Å². The quantitative estimate of drug-likeness (QED) is 0.858. The van der Waals surface area contributed by atoms with Gasteiger partial charge in [0, 0.05) is 5.57 Å². The number of benzene rings is 2. The molecule has 2 N–H and O–H groups in total. The van der Waals surface area contributed by atoms with Crippen molar-refractivity contribution < 1.29 is 15.0 Å². The van der Waals surface area contributed by atoms with Gasteiger partial charge in [0.15, 0.2) is 0 Å². The Morgan fingerprint density at radius 1 is 1.14 bits per heavy atom. The van der Waals surface area contributed by atoms with Crippen molar-refractivity contribution in [1.29, 1.82) is 0 Å². The molecule has 110 valence electrons. The molecule has 0 aliphatic heterocycles. The van der Waals surface area contributed by atoms with Gasteiger partial charge < -0.3 is 10.2 Å². The first-order valence-electron chi connectivity index (χ1n) is 6.71. The monoisotopic (exact) mass is 312 g/mol. The first-order chi connectivity index (χ1) is 10.5. The molecular weight excluding hydrogens is 300 g/mol. The molecule has 0 spiro atoms. The summed E-state index contributed by atoms with van der Waals surface area (Å²) in [5, 5.41) is 21.6. The van der Waals surface area contributed by atoms with Crippen LogP contribution in [0.5, 0.6) is 0 Å². The van der Waals surface area contributed by atoms with Gasteiger partial charge in [-0.1, -0.05) is 66.7 Å². The maximum atomic E-state index is 11.4. The number of hydrogen-bond donors (Lipinski definition) is 2. The first kappa shape index (κ1) is 14.4. The van der Waals surface area contributed by atoms with Crippen molar-refractivity contribution in [2.45, 2.75) is 0 Å². The summed E-state index contributed by atoms with van der Waals surface area (Å²) in [5.41, 5.74) is 1.35. The van der Waals surface area contributed by atoms with Crippen molar-refractivity contribution in [3.63, 3.8) is 0 Å². The van der Waals surface area contributed by atoms with Gasteiger partial charge >= 0.3 is 5.97 Å². The summed E-state index contributed by atoms with van der Waals surface area (Å²) in [6.45, 7) is 3.66. The Kier molecular flexibility index (Phi) is 3.51. The first-order valence-corrected chi connectivity index (χ1v) is 7.09. The Morgan fingerprint density at radius 3 is 2.55 bits per heavy atom. The molecule has 4 heteroatoms. The SMILES string of the molecule is C=C1C(Cl)=C(O)C(c2cccc3ccccc23)=CC1C(=O)O. The van der Waals surface area contributed by atoms with Gasteiger partial charge in [0.2, 0.25) is 0 Å². The molecule has 0 amide bonds. The molecule has 1 aliphatic carbocycles. The molecule has 2 aromatic rings. The van der Waals surface area contributed by atoms with Gasteiger partial charge in [-0.05, 0) is 21.9 Å². The number of aliphatic hydroxyl groups excluding tert-OH is 1. The fourth-order valence-electron chi connectivity index (χ4n) is 2.65. The number of carboxylic acid groups (broad SMARTS) is 1. The molecule has 0 bridgehead atoms. The highest BCUT2D eigenvalue weighted by atomic mass is 35.5. The van der Waals surface area contributed by atoms with E-state index >= 15 is 0 Å². The summed E-state index contributed by atoms with van der Waals surface area (Å²) in [4.78, 5) is 11.4. The van der Waals surface area contributed by atoms with Crippen molar-refractivity contribution >= 4 is 33.9 Å². The molecule has 0 aromatic heterocycles. The van der Waals surface area contributed by atoms with E-state index in [0.29, 0.717) is 5.57 Å². The van der Waals surface area contributed by atoms with Crippen molar-refractivity contribution in [3.05, 3.63) is 77.0 Å². The van der Waals surface area contributed by atoms with E-state index in [-0.39, 0.29) is 16.4 Å². The summed E-state index contributed by atoms with van der Waals surface area (Å²) in [7, 11) is 0. The number of halogens is 1. The molecule has 0 heterocycles. The van der Waals surface area contributed by atoms with Crippen LogP contribution in [0.2, 0.25) is 0 Å². The van der Waals surface area contributed by atoms with E-state index < -0.39 is 11.9 Å². The molecule has 1 aliphatic rings. The molecule has 0 fully saturated rings. The number of rotatable bonds is 2. The van der Waals surface area contributed by atoms with Crippen LogP contribution in [0.1, 0.15) is 5.56 Å². The molecule has 1 unspecified atom stereocenters. The predicted molar refractivity (Wildman–Crippen MR) is 87.7 cm³/mol. The lowest BCUT2D eigenvalue weighted by Crippen LogP contribution is -2.18. The molecular formula is C18H13ClO3. The van der Waals surface area contributed by atoms with E-state index in [4.69, 9.17) is 11.6 Å². The Hall–Kier alpha value is -2.52. The van der Waals surface area contributed by atoms with E-state index in [1.807, 2.05) is 42.5 Å². The van der Waals surface area contributed by atoms with Crippen LogP contribution in [0.4, 0.5) is 0 Å². The summed E-state index contributed by atoms with van der Waals surface area (Å²) >= 11 is 6.08. The number of fused-ring (bicyclic) bond motifs is 1. The minimum Gasteiger partial charge on any atom is -0.506 e. The number of hydrogen-bond acceptors (Lipinski definition) is 2. The number of allylic oxidation sites excluding steroid dienone is 2. The maximum absolute atomic E-state index is 11.4. The number of carbonyl (C=O) groups is 1. The third kappa shape index (κ3) is 2.20. The van der Waals surface area contributed by atoms with Gasteiger partial charge in [0.05, 0.1) is 5.03 Å². The van der Waals surface area contributed by atoms with Gasteiger partial charge in [-0.3, -0.25) is 4.79 Å². The minimum absolute atomic E-state index is 0.00201. The van der Waals surface area contributed by atoms with Gasteiger partial charge in [-0.25, -0.2) is 0 Å². The second-order valence-electron chi connectivity index (χ2n) is 5.11. The molecule has 22 heavy (non-hydrogen) atoms. The predicted octanol–water partition coefficient (Wildman–Crippen LogP) is 4.50. The third-order valence-electron chi connectivity index (χ3n) is 3.80. The summed E-state index contributed by atoms with van der Waals surface area (Å²) in [6.07, 6.45) is 1.49. The van der Waals surface area contributed by atoms with Crippen LogP contribution in [-0.4, -0.2) is 16.2 Å². The molecule has 0 radical (unpaired) electrons. The average molecular weight is 313 g/mol. The number of aliphatic carboxylic acids is 1. The fraction of sp³-hybridized carbons (Fsp3) is 0.0556. The van der Waals surface area contributed by atoms with Gasteiger partial charge in [0.1, 0.15) is 11.7 Å². The highest BCUT2D eigenvalue weighted by Crippen LogP contribution is 2.40. The normalized spacial score (nSPS) is 18.5. The summed E-state index contributed by atoms with van der Waals surface area (Å²) in [6, 6.07) is 13.3. The highest BCUT2D eigenvalue weighted by molar-refractivity contribution is 6.34. The second-order valence-corrected chi connectivity index (χ2v) is 5.49. The van der Waals surface area contributed by atoms with Crippen LogP contribution in [0.25, 0.3) is 16.3 Å². The zero-order valence-electron chi connectivity index (χ0n) is 11.6. The van der Waals surface area contributed by atoms with E-state index in [0.717, 1.165) is 16.3 Å². The van der Waals surface area contributed by atoms with Crippen molar-refractivity contribution in [2.75, 3.05) is 0 Å². The Bertz CT molecular complexity index is 856. The topological polar surface area (TPSA) is 57.5 Å². The zero-order chi connectivity index (χ0) is 15.9. The lowest BCUT2D eigenvalue weighted by atomic mass is 9.86. The van der Waals surface area contributed by atoms with Crippen molar-refractivity contribution in [1.82, 2.24) is 0 Å². The lowest BCUT2D eigenvalue weighted by Gasteiger charge is -2.22. The molecule has 0 saturated heterocycles. The third-order valence-corrected chi connectivity index (χ3v) is 4.22. The van der Waals surface area contributed by atoms with Crippen molar-refractivity contribution in [3.8, 4) is 0 Å². The summed E-state index contributed by atoms with van der Waals surface area (Å²) < 4.78 is 0. The van der Waals surface area contributed by atoms with Gasteiger partial charge in [-0.2, -0.15) is 0 Å². The Labute approximate surface area is 132 Å². The van der Waals surface area contributed by atoms with Gasteiger partial charge in [-0.15, -0.1) is 0 Å². The molecule has 0 saturated carbocycles. The van der Waals surface area contributed by atoms with Crippen LogP contribution in [0.3, 0.4) is 0 Å². The maximum Gasteiger partial charge on any atom is 0.314 e. The van der Waals surface area contributed by atoms with Crippen molar-refractivity contribution in [2.24, 2.45) is 5.92 Å². The lowest BCUT2D eigenvalue weighted by molar-refractivity contribution is -0.138. The molecule has 2 aromatic carbocycles. The Balaban J connectivity index is 2.27. The molecule has 3 rings (SSSR count). The second kappa shape index (κ2) is 5.35. The highest BCUT2D eigenvalue weighted by Gasteiger charge is 2.30. The standard InChI is InChI=1S/C18H13ClO3/c1-10-14(18(21)22)9-15(17(20)16(10)19)13-8-4-6-11-5-2-3-7-12(11)13/h2-9,14,20H,1H2,(H,21,22). The van der Waals surface area contributed by atoms with Crippen LogP contribution in [-0.2, 0) is 4.79 Å². The zero-order valence-corrected chi connectivity index (χ0v) is 12.3. The number of aliphatic hydroxyl groups is 1. The Morgan fingerprint density at radius 2 is 1.82 bits per heavy atom. The average Bonchev–Trinajstić information content (AvgIpc) is 2.52. The largest absolute Gasteiger partial charge is 0.506 e. The van der Waals surface area contributed by atoms with E-state index in [9.17, 15) is 15.0 Å².